The van der Waals surface area contributed by atoms with Crippen molar-refractivity contribution in [3.63, 3.8) is 0 Å². The molecule has 0 radical (unpaired) electrons. The Morgan fingerprint density at radius 3 is 2.85 bits per heavy atom. The topological polar surface area (TPSA) is 84.4 Å². The predicted octanol–water partition coefficient (Wildman–Crippen LogP) is 2.88. The molecule has 1 N–H and O–H groups in total. The number of benzene rings is 1. The summed E-state index contributed by atoms with van der Waals surface area (Å²) in [4.78, 5) is 34.9. The maximum Gasteiger partial charge on any atom is 0.339 e. The number of anilines is 2. The van der Waals surface area contributed by atoms with Gasteiger partial charge in [0.2, 0.25) is 5.95 Å². The number of amides is 1. The van der Waals surface area contributed by atoms with Crippen LogP contribution in [-0.4, -0.2) is 46.9 Å². The summed E-state index contributed by atoms with van der Waals surface area (Å²) in [7, 11) is 1.33. The smallest absolute Gasteiger partial charge is 0.339 e. The zero-order valence-corrected chi connectivity index (χ0v) is 14.9. The van der Waals surface area contributed by atoms with Gasteiger partial charge >= 0.3 is 5.97 Å². The zero-order valence-electron chi connectivity index (χ0n) is 14.9. The summed E-state index contributed by atoms with van der Waals surface area (Å²) in [5.74, 6) is 0.210. The Morgan fingerprint density at radius 2 is 2.08 bits per heavy atom. The molecule has 1 aliphatic heterocycles. The molecule has 0 bridgehead atoms. The van der Waals surface area contributed by atoms with Gasteiger partial charge in [-0.25, -0.2) is 14.8 Å². The lowest BCUT2D eigenvalue weighted by atomic mass is 10.00. The third-order valence-corrected chi connectivity index (χ3v) is 4.40. The first-order valence-corrected chi connectivity index (χ1v) is 8.65. The Morgan fingerprint density at radius 1 is 1.27 bits per heavy atom. The highest BCUT2D eigenvalue weighted by atomic mass is 16.5. The van der Waals surface area contributed by atoms with Crippen molar-refractivity contribution in [1.29, 1.82) is 0 Å². The molecule has 2 heterocycles. The van der Waals surface area contributed by atoms with Crippen LogP contribution in [0, 0.1) is 5.92 Å². The molecule has 3 rings (SSSR count). The number of piperidine rings is 1. The minimum atomic E-state index is -0.456. The van der Waals surface area contributed by atoms with Crippen LogP contribution < -0.4 is 5.32 Å². The second kappa shape index (κ2) is 7.95. The Labute approximate surface area is 152 Å². The van der Waals surface area contributed by atoms with E-state index in [4.69, 9.17) is 4.74 Å². The molecular formula is C19H22N4O3. The molecule has 0 saturated carbocycles. The molecule has 1 unspecified atom stereocenters. The van der Waals surface area contributed by atoms with Crippen molar-refractivity contribution in [2.45, 2.75) is 19.8 Å². The van der Waals surface area contributed by atoms with Gasteiger partial charge in [0, 0.05) is 19.3 Å². The molecule has 26 heavy (non-hydrogen) atoms. The van der Waals surface area contributed by atoms with E-state index in [0.29, 0.717) is 22.9 Å². The fourth-order valence-electron chi connectivity index (χ4n) is 3.07. The molecule has 7 heteroatoms. The largest absolute Gasteiger partial charge is 0.465 e. The summed E-state index contributed by atoms with van der Waals surface area (Å²) in [6.45, 7) is 3.65. The number of rotatable bonds is 4. The molecule has 7 nitrogen and oxygen atoms in total. The maximum atomic E-state index is 12.7. The number of para-hydroxylation sites is 1. The second-order valence-corrected chi connectivity index (χ2v) is 6.43. The van der Waals surface area contributed by atoms with Crippen LogP contribution in [0.15, 0.2) is 36.5 Å². The number of nitrogens with one attached hydrogen (secondary N) is 1. The van der Waals surface area contributed by atoms with Crippen molar-refractivity contribution >= 4 is 23.5 Å². The van der Waals surface area contributed by atoms with E-state index < -0.39 is 5.97 Å². The number of ether oxygens (including phenoxy) is 1. The third-order valence-electron chi connectivity index (χ3n) is 4.40. The maximum absolute atomic E-state index is 12.7. The van der Waals surface area contributed by atoms with Crippen molar-refractivity contribution < 1.29 is 14.3 Å². The standard InChI is InChI=1S/C19H22N4O3/c1-13-6-5-11-23(12-13)17(24)16-9-10-20-19(22-16)21-15-8-4-3-7-14(15)18(25)26-2/h3-4,7-10,13H,5-6,11-12H2,1-2H3,(H,20,21,22). The van der Waals surface area contributed by atoms with Crippen molar-refractivity contribution in [2.75, 3.05) is 25.5 Å². The molecular weight excluding hydrogens is 332 g/mol. The van der Waals surface area contributed by atoms with E-state index in [9.17, 15) is 9.59 Å². The van der Waals surface area contributed by atoms with Crippen LogP contribution in [0.5, 0.6) is 0 Å². The summed E-state index contributed by atoms with van der Waals surface area (Å²) in [5.41, 5.74) is 1.24. The summed E-state index contributed by atoms with van der Waals surface area (Å²) < 4.78 is 4.79. The van der Waals surface area contributed by atoms with E-state index >= 15 is 0 Å². The number of aromatic nitrogens is 2. The average molecular weight is 354 g/mol. The first-order chi connectivity index (χ1) is 12.6. The Bertz CT molecular complexity index is 809. The summed E-state index contributed by atoms with van der Waals surface area (Å²) in [6, 6.07) is 8.53. The number of hydrogen-bond acceptors (Lipinski definition) is 6. The average Bonchev–Trinajstić information content (AvgIpc) is 2.67. The van der Waals surface area contributed by atoms with Gasteiger partial charge in [-0.15, -0.1) is 0 Å². The van der Waals surface area contributed by atoms with Crippen molar-refractivity contribution in [3.05, 3.63) is 47.8 Å². The summed E-state index contributed by atoms with van der Waals surface area (Å²) in [6.07, 6.45) is 3.69. The normalized spacial score (nSPS) is 16.8. The van der Waals surface area contributed by atoms with Crippen LogP contribution in [0.3, 0.4) is 0 Å². The Balaban J connectivity index is 1.80. The number of likely N-dealkylation sites (tertiary alicyclic amines) is 1. The van der Waals surface area contributed by atoms with E-state index in [-0.39, 0.29) is 11.9 Å². The molecule has 2 aromatic rings. The van der Waals surface area contributed by atoms with Gasteiger partial charge in [0.15, 0.2) is 0 Å². The lowest BCUT2D eigenvalue weighted by molar-refractivity contribution is 0.0601. The van der Waals surface area contributed by atoms with E-state index in [1.165, 1.54) is 13.3 Å². The fraction of sp³-hybridized carbons (Fsp3) is 0.368. The number of esters is 1. The van der Waals surface area contributed by atoms with Gasteiger partial charge in [-0.2, -0.15) is 0 Å². The minimum Gasteiger partial charge on any atom is -0.465 e. The quantitative estimate of drug-likeness (QED) is 0.850. The van der Waals surface area contributed by atoms with Gasteiger partial charge in [0.25, 0.3) is 5.91 Å². The van der Waals surface area contributed by atoms with Crippen LogP contribution >= 0.6 is 0 Å². The monoisotopic (exact) mass is 354 g/mol. The number of nitrogens with zero attached hydrogens (tertiary/aromatic N) is 3. The van der Waals surface area contributed by atoms with Gasteiger partial charge in [-0.05, 0) is 37.0 Å². The molecule has 1 aromatic carbocycles. The number of carbonyl (C=O) groups is 2. The lowest BCUT2D eigenvalue weighted by Crippen LogP contribution is -2.39. The highest BCUT2D eigenvalue weighted by Gasteiger charge is 2.23. The molecule has 0 aliphatic carbocycles. The van der Waals surface area contributed by atoms with Gasteiger partial charge in [-0.1, -0.05) is 19.1 Å². The zero-order chi connectivity index (χ0) is 18.5. The van der Waals surface area contributed by atoms with E-state index in [1.807, 2.05) is 4.90 Å². The van der Waals surface area contributed by atoms with Gasteiger partial charge in [-0.3, -0.25) is 4.79 Å². The first kappa shape index (κ1) is 17.8. The van der Waals surface area contributed by atoms with E-state index in [1.54, 1.807) is 30.3 Å². The van der Waals surface area contributed by atoms with Crippen molar-refractivity contribution in [3.8, 4) is 0 Å². The first-order valence-electron chi connectivity index (χ1n) is 8.65. The second-order valence-electron chi connectivity index (χ2n) is 6.43. The van der Waals surface area contributed by atoms with Crippen LogP contribution in [-0.2, 0) is 4.74 Å². The van der Waals surface area contributed by atoms with Crippen LogP contribution in [0.2, 0.25) is 0 Å². The van der Waals surface area contributed by atoms with Gasteiger partial charge in [0.05, 0.1) is 18.4 Å². The molecule has 1 aliphatic rings. The summed E-state index contributed by atoms with van der Waals surface area (Å²) >= 11 is 0. The molecule has 1 atom stereocenters. The third kappa shape index (κ3) is 3.99. The molecule has 1 fully saturated rings. The Kier molecular flexibility index (Phi) is 5.46. The molecule has 1 amide bonds. The van der Waals surface area contributed by atoms with Crippen molar-refractivity contribution in [1.82, 2.24) is 14.9 Å². The van der Waals surface area contributed by atoms with Crippen molar-refractivity contribution in [2.24, 2.45) is 5.92 Å². The fourth-order valence-corrected chi connectivity index (χ4v) is 3.07. The SMILES string of the molecule is COC(=O)c1ccccc1Nc1nccc(C(=O)N2CCCC(C)C2)n1. The molecule has 1 aromatic heterocycles. The number of methoxy groups -OCH3 is 1. The summed E-state index contributed by atoms with van der Waals surface area (Å²) in [5, 5.41) is 3.00. The molecule has 1 saturated heterocycles. The van der Waals surface area contributed by atoms with E-state index in [2.05, 4.69) is 22.2 Å². The van der Waals surface area contributed by atoms with Crippen LogP contribution in [0.4, 0.5) is 11.6 Å². The minimum absolute atomic E-state index is 0.0942. The highest BCUT2D eigenvalue weighted by Crippen LogP contribution is 2.21. The number of carbonyl (C=O) groups excluding carboxylic acids is 2. The van der Waals surface area contributed by atoms with Crippen LogP contribution in [0.1, 0.15) is 40.6 Å². The van der Waals surface area contributed by atoms with E-state index in [0.717, 1.165) is 25.9 Å². The number of hydrogen-bond donors (Lipinski definition) is 1. The highest BCUT2D eigenvalue weighted by molar-refractivity contribution is 5.96. The van der Waals surface area contributed by atoms with Gasteiger partial charge in [0.1, 0.15) is 5.69 Å². The van der Waals surface area contributed by atoms with Gasteiger partial charge < -0.3 is 15.0 Å². The van der Waals surface area contributed by atoms with Crippen LogP contribution in [0.25, 0.3) is 0 Å². The lowest BCUT2D eigenvalue weighted by Gasteiger charge is -2.30. The predicted molar refractivity (Wildman–Crippen MR) is 97.4 cm³/mol. The molecule has 0 spiro atoms. The molecule has 136 valence electrons. The Hall–Kier alpha value is -2.96.